The Morgan fingerprint density at radius 2 is 1.33 bits per heavy atom. The smallest absolute Gasteiger partial charge is 0.322 e. The third-order valence-electron chi connectivity index (χ3n) is 8.31. The van der Waals surface area contributed by atoms with Gasteiger partial charge in [0, 0.05) is 19.5 Å². The van der Waals surface area contributed by atoms with Crippen molar-refractivity contribution in [2.24, 2.45) is 22.2 Å². The van der Waals surface area contributed by atoms with Crippen LogP contribution in [0.5, 0.6) is 0 Å². The van der Waals surface area contributed by atoms with Crippen LogP contribution in [0.1, 0.15) is 59.3 Å². The SMILES string of the molecule is C[C@H](NC(=O)[C@H](CCCN=C(N)N)NC(=O)CNC(=O)[C@@H]1CCCN1C(=O)[C@@H](NC(=O)CN)[C@@H](C)O)C(=O)N[C@@H](CCC(=O)O)C(=O)N[C@@H](C)C(=O)NCC(=O)O. The molecule has 0 spiro atoms. The first kappa shape index (κ1) is 48.9. The van der Waals surface area contributed by atoms with E-state index in [4.69, 9.17) is 27.4 Å². The zero-order valence-electron chi connectivity index (χ0n) is 31.9. The highest BCUT2D eigenvalue weighted by molar-refractivity contribution is 5.97. The van der Waals surface area contributed by atoms with E-state index in [1.165, 1.54) is 25.7 Å². The van der Waals surface area contributed by atoms with Gasteiger partial charge in [-0.1, -0.05) is 0 Å². The van der Waals surface area contributed by atoms with Gasteiger partial charge in [-0.25, -0.2) is 0 Å². The van der Waals surface area contributed by atoms with E-state index in [0.29, 0.717) is 6.42 Å². The first-order chi connectivity index (χ1) is 26.7. The molecule has 1 aliphatic heterocycles. The number of carbonyl (C=O) groups excluding carboxylic acids is 8. The van der Waals surface area contributed by atoms with Crippen molar-refractivity contribution in [3.63, 3.8) is 0 Å². The Kier molecular flexibility index (Phi) is 20.9. The second-order valence-electron chi connectivity index (χ2n) is 13.0. The van der Waals surface area contributed by atoms with Gasteiger partial charge in [0.05, 0.1) is 19.2 Å². The van der Waals surface area contributed by atoms with E-state index in [1.54, 1.807) is 0 Å². The molecule has 0 unspecified atom stereocenters. The fourth-order valence-electron chi connectivity index (χ4n) is 5.31. The van der Waals surface area contributed by atoms with Crippen LogP contribution in [0.2, 0.25) is 0 Å². The maximum absolute atomic E-state index is 13.3. The largest absolute Gasteiger partial charge is 0.481 e. The maximum atomic E-state index is 13.3. The van der Waals surface area contributed by atoms with Crippen molar-refractivity contribution in [1.82, 2.24) is 42.1 Å². The number of hydrogen-bond acceptors (Lipinski definition) is 13. The van der Waals surface area contributed by atoms with Crippen molar-refractivity contribution in [2.45, 2.75) is 102 Å². The lowest BCUT2D eigenvalue weighted by Crippen LogP contribution is -2.58. The van der Waals surface area contributed by atoms with Crippen LogP contribution in [-0.4, -0.2) is 160 Å². The van der Waals surface area contributed by atoms with Gasteiger partial charge in [0.25, 0.3) is 0 Å². The molecule has 16 N–H and O–H groups in total. The molecular weight excluding hydrogens is 760 g/mol. The molecule has 1 rings (SSSR count). The number of nitrogens with zero attached hydrogens (tertiary/aromatic N) is 2. The highest BCUT2D eigenvalue weighted by Gasteiger charge is 2.39. The molecule has 0 aromatic rings. The molecule has 0 bridgehead atoms. The number of aliphatic imine (C=N–C) groups is 1. The molecule has 7 atom stereocenters. The highest BCUT2D eigenvalue weighted by Crippen LogP contribution is 2.19. The predicted octanol–water partition coefficient (Wildman–Crippen LogP) is -6.98. The summed E-state index contributed by atoms with van der Waals surface area (Å²) >= 11 is 0. The summed E-state index contributed by atoms with van der Waals surface area (Å²) in [6, 6.07) is -7.89. The number of hydrogen-bond donors (Lipinski definition) is 13. The van der Waals surface area contributed by atoms with Crippen LogP contribution in [0.3, 0.4) is 0 Å². The van der Waals surface area contributed by atoms with E-state index in [9.17, 15) is 53.1 Å². The molecule has 320 valence electrons. The molecule has 1 saturated heterocycles. The van der Waals surface area contributed by atoms with Gasteiger partial charge >= 0.3 is 11.9 Å². The third kappa shape index (κ3) is 17.9. The molecule has 0 aromatic carbocycles. The number of aliphatic hydroxyl groups is 1. The molecule has 25 heteroatoms. The summed E-state index contributed by atoms with van der Waals surface area (Å²) in [5.41, 5.74) is 16.0. The second kappa shape index (κ2) is 24.4. The number of amides is 8. The number of likely N-dealkylation sites (tertiary alicyclic amines) is 1. The number of carboxylic acid groups (broad SMARTS) is 2. The minimum absolute atomic E-state index is 0.0482. The van der Waals surface area contributed by atoms with E-state index in [0.717, 1.165) is 0 Å². The van der Waals surface area contributed by atoms with Crippen molar-refractivity contribution >= 4 is 65.2 Å². The van der Waals surface area contributed by atoms with Crippen molar-refractivity contribution < 1.29 is 63.3 Å². The molecule has 1 fully saturated rings. The van der Waals surface area contributed by atoms with E-state index in [1.807, 2.05) is 0 Å². The topological polar surface area (TPSA) is 409 Å². The molecular formula is C32H54N12O13. The Bertz CT molecular complexity index is 1520. The van der Waals surface area contributed by atoms with Crippen molar-refractivity contribution in [1.29, 1.82) is 0 Å². The Labute approximate surface area is 327 Å². The monoisotopic (exact) mass is 814 g/mol. The van der Waals surface area contributed by atoms with Crippen LogP contribution in [0.15, 0.2) is 4.99 Å². The molecule has 25 nitrogen and oxygen atoms in total. The molecule has 0 saturated carbocycles. The van der Waals surface area contributed by atoms with E-state index in [2.05, 4.69) is 42.2 Å². The van der Waals surface area contributed by atoms with Gasteiger partial charge in [0.15, 0.2) is 5.96 Å². The predicted molar refractivity (Wildman–Crippen MR) is 197 cm³/mol. The van der Waals surface area contributed by atoms with Crippen LogP contribution < -0.4 is 54.4 Å². The molecule has 1 aliphatic rings. The molecule has 8 amide bonds. The Morgan fingerprint density at radius 1 is 0.737 bits per heavy atom. The van der Waals surface area contributed by atoms with Crippen LogP contribution in [0, 0.1) is 0 Å². The van der Waals surface area contributed by atoms with Crippen LogP contribution >= 0.6 is 0 Å². The zero-order chi connectivity index (χ0) is 43.4. The van der Waals surface area contributed by atoms with Gasteiger partial charge in [-0.2, -0.15) is 0 Å². The number of carboxylic acids is 2. The minimum atomic E-state index is -1.50. The number of aliphatic hydroxyl groups excluding tert-OH is 1. The highest BCUT2D eigenvalue weighted by atomic mass is 16.4. The maximum Gasteiger partial charge on any atom is 0.322 e. The first-order valence-corrected chi connectivity index (χ1v) is 17.9. The van der Waals surface area contributed by atoms with E-state index < -0.39 is 134 Å². The minimum Gasteiger partial charge on any atom is -0.481 e. The zero-order valence-corrected chi connectivity index (χ0v) is 31.9. The average molecular weight is 815 g/mol. The third-order valence-corrected chi connectivity index (χ3v) is 8.31. The van der Waals surface area contributed by atoms with Gasteiger partial charge < -0.3 is 74.6 Å². The quantitative estimate of drug-likeness (QED) is 0.0245. The fraction of sp³-hybridized carbons (Fsp3) is 0.656. The standard InChI is InChI=1S/C32H54N12O13/c1-15(26(52)38-14-24(50)51)39-29(55)19(8-9-23(48)49)42-27(53)16(2)40-28(54)18(6-4-10-36-32(34)35)41-22(47)13-37-30(56)20-7-5-11-44(20)31(57)25(17(3)45)43-21(46)12-33/h15-20,25,45H,4-14,33H2,1-3H3,(H,37,56)(H,38,52)(H,39,55)(H,40,54)(H,41,47)(H,42,53)(H,43,46)(H,48,49)(H,50,51)(H4,34,35,36)/t15-,16-,17+,18-,19-,20-,25-/m0/s1. The lowest BCUT2D eigenvalue weighted by molar-refractivity contribution is -0.143. The van der Waals surface area contributed by atoms with Gasteiger partial charge in [0.1, 0.15) is 42.8 Å². The van der Waals surface area contributed by atoms with Gasteiger partial charge in [-0.05, 0) is 52.9 Å². The Balaban J connectivity index is 3.00. The van der Waals surface area contributed by atoms with Crippen molar-refractivity contribution in [3.8, 4) is 0 Å². The van der Waals surface area contributed by atoms with Gasteiger partial charge in [-0.3, -0.25) is 52.9 Å². The lowest BCUT2D eigenvalue weighted by Gasteiger charge is -2.30. The number of guanidine groups is 1. The van der Waals surface area contributed by atoms with Gasteiger partial charge in [0.2, 0.25) is 47.3 Å². The van der Waals surface area contributed by atoms with Crippen molar-refractivity contribution in [2.75, 3.05) is 32.7 Å². The molecule has 0 radical (unpaired) electrons. The molecule has 1 heterocycles. The van der Waals surface area contributed by atoms with Crippen LogP contribution in [-0.2, 0) is 47.9 Å². The second-order valence-corrected chi connectivity index (χ2v) is 13.0. The summed E-state index contributed by atoms with van der Waals surface area (Å²) in [4.78, 5) is 129. The number of rotatable bonds is 24. The lowest BCUT2D eigenvalue weighted by atomic mass is 10.1. The normalized spacial score (nSPS) is 16.5. The van der Waals surface area contributed by atoms with Crippen LogP contribution in [0.4, 0.5) is 0 Å². The van der Waals surface area contributed by atoms with E-state index >= 15 is 0 Å². The number of nitrogens with one attached hydrogen (secondary N) is 7. The summed E-state index contributed by atoms with van der Waals surface area (Å²) in [6.07, 6.45) is -1.61. The van der Waals surface area contributed by atoms with E-state index in [-0.39, 0.29) is 38.3 Å². The summed E-state index contributed by atoms with van der Waals surface area (Å²) in [7, 11) is 0. The first-order valence-electron chi connectivity index (χ1n) is 17.9. The Hall–Kier alpha value is -6.11. The van der Waals surface area contributed by atoms with Crippen LogP contribution in [0.25, 0.3) is 0 Å². The average Bonchev–Trinajstić information content (AvgIpc) is 3.64. The molecule has 0 aromatic heterocycles. The number of aliphatic carboxylic acids is 2. The number of carbonyl (C=O) groups is 10. The molecule has 0 aliphatic carbocycles. The molecule has 57 heavy (non-hydrogen) atoms. The van der Waals surface area contributed by atoms with Crippen molar-refractivity contribution in [3.05, 3.63) is 0 Å². The summed E-state index contributed by atoms with van der Waals surface area (Å²) in [6.45, 7) is 2.10. The fourth-order valence-corrected chi connectivity index (χ4v) is 5.31. The summed E-state index contributed by atoms with van der Waals surface area (Å²) < 4.78 is 0. The van der Waals surface area contributed by atoms with Gasteiger partial charge in [-0.15, -0.1) is 0 Å². The number of nitrogens with two attached hydrogens (primary N) is 3. The summed E-state index contributed by atoms with van der Waals surface area (Å²) in [5.74, 6) is -9.54. The Morgan fingerprint density at radius 3 is 1.88 bits per heavy atom. The summed E-state index contributed by atoms with van der Waals surface area (Å²) in [5, 5.41) is 44.2.